The number of rotatable bonds is 8. The number of para-hydroxylation sites is 1. The number of aryl methyl sites for hydroxylation is 2. The Morgan fingerprint density at radius 2 is 1.49 bits per heavy atom. The van der Waals surface area contributed by atoms with Gasteiger partial charge in [0, 0.05) is 11.3 Å². The van der Waals surface area contributed by atoms with E-state index in [-0.39, 0.29) is 23.3 Å². The minimum Gasteiger partial charge on any atom is -0.497 e. The first-order chi connectivity index (χ1) is 16.7. The van der Waals surface area contributed by atoms with Gasteiger partial charge in [-0.2, -0.15) is 0 Å². The molecule has 7 nitrogen and oxygen atoms in total. The summed E-state index contributed by atoms with van der Waals surface area (Å²) in [6.07, 6.45) is 0. The topological polar surface area (TPSA) is 96.5 Å². The second kappa shape index (κ2) is 11.3. The fourth-order valence-electron chi connectivity index (χ4n) is 3.65. The normalized spacial score (nSPS) is 11.5. The summed E-state index contributed by atoms with van der Waals surface area (Å²) in [5, 5.41) is 8.54. The third kappa shape index (κ3) is 6.47. The maximum absolute atomic E-state index is 13.2. The number of methoxy groups -OCH3 is 1. The lowest BCUT2D eigenvalue weighted by atomic mass is 10.0. The molecule has 0 aromatic heterocycles. The first-order valence-electron chi connectivity index (χ1n) is 11.4. The average molecular weight is 474 g/mol. The summed E-state index contributed by atoms with van der Waals surface area (Å²) in [6.45, 7) is 7.64. The monoisotopic (exact) mass is 473 g/mol. The van der Waals surface area contributed by atoms with Crippen LogP contribution in [0.4, 0.5) is 11.4 Å². The fraction of sp³-hybridized carbons (Fsp3) is 0.250. The molecule has 0 unspecified atom stereocenters. The lowest BCUT2D eigenvalue weighted by Crippen LogP contribution is -2.47. The van der Waals surface area contributed by atoms with Crippen molar-refractivity contribution < 1.29 is 19.1 Å². The highest BCUT2D eigenvalue weighted by atomic mass is 16.5. The lowest BCUT2D eigenvalue weighted by molar-refractivity contribution is -0.118. The van der Waals surface area contributed by atoms with Gasteiger partial charge in [0.1, 0.15) is 11.8 Å². The van der Waals surface area contributed by atoms with Gasteiger partial charge in [-0.05, 0) is 67.8 Å². The van der Waals surface area contributed by atoms with Crippen molar-refractivity contribution in [2.75, 3.05) is 17.7 Å². The van der Waals surface area contributed by atoms with E-state index in [1.807, 2.05) is 45.9 Å². The number of ether oxygens (including phenoxy) is 1. The van der Waals surface area contributed by atoms with Gasteiger partial charge in [-0.15, -0.1) is 0 Å². The molecule has 35 heavy (non-hydrogen) atoms. The van der Waals surface area contributed by atoms with Gasteiger partial charge in [0.2, 0.25) is 5.91 Å². The highest BCUT2D eigenvalue weighted by Gasteiger charge is 2.26. The zero-order valence-electron chi connectivity index (χ0n) is 20.6. The zero-order chi connectivity index (χ0) is 25.5. The summed E-state index contributed by atoms with van der Waals surface area (Å²) in [5.41, 5.74) is 3.78. The molecule has 3 amide bonds. The van der Waals surface area contributed by atoms with Crippen molar-refractivity contribution >= 4 is 29.1 Å². The third-order valence-corrected chi connectivity index (χ3v) is 5.65. The molecule has 0 saturated heterocycles. The van der Waals surface area contributed by atoms with Gasteiger partial charge >= 0.3 is 0 Å². The smallest absolute Gasteiger partial charge is 0.255 e. The van der Waals surface area contributed by atoms with Crippen LogP contribution in [-0.2, 0) is 4.79 Å². The molecule has 182 valence electrons. The number of benzene rings is 3. The summed E-state index contributed by atoms with van der Waals surface area (Å²) in [7, 11) is 1.55. The van der Waals surface area contributed by atoms with Gasteiger partial charge in [-0.1, -0.05) is 43.7 Å². The Morgan fingerprint density at radius 3 is 2.11 bits per heavy atom. The van der Waals surface area contributed by atoms with Gasteiger partial charge in [-0.3, -0.25) is 14.4 Å². The number of hydrogen-bond acceptors (Lipinski definition) is 4. The number of nitrogens with one attached hydrogen (secondary N) is 3. The van der Waals surface area contributed by atoms with Crippen LogP contribution in [0.3, 0.4) is 0 Å². The van der Waals surface area contributed by atoms with Gasteiger partial charge in [-0.25, -0.2) is 0 Å². The molecule has 0 spiro atoms. The Kier molecular flexibility index (Phi) is 8.25. The van der Waals surface area contributed by atoms with E-state index in [9.17, 15) is 14.4 Å². The number of amides is 3. The largest absolute Gasteiger partial charge is 0.497 e. The maximum Gasteiger partial charge on any atom is 0.255 e. The minimum atomic E-state index is -0.770. The quantitative estimate of drug-likeness (QED) is 0.431. The number of carbonyl (C=O) groups excluding carboxylic acids is 3. The highest BCUT2D eigenvalue weighted by molar-refractivity contribution is 6.10. The van der Waals surface area contributed by atoms with Crippen molar-refractivity contribution in [3.05, 3.63) is 89.0 Å². The summed E-state index contributed by atoms with van der Waals surface area (Å²) >= 11 is 0. The first kappa shape index (κ1) is 25.5. The van der Waals surface area contributed by atoms with Crippen LogP contribution in [-0.4, -0.2) is 30.9 Å². The van der Waals surface area contributed by atoms with Crippen LogP contribution in [0.1, 0.15) is 45.7 Å². The Labute approximate surface area is 205 Å². The molecule has 0 fully saturated rings. The molecule has 0 aliphatic heterocycles. The van der Waals surface area contributed by atoms with Crippen LogP contribution in [0, 0.1) is 19.8 Å². The van der Waals surface area contributed by atoms with Gasteiger partial charge in [0.25, 0.3) is 11.8 Å². The number of hydrogen-bond donors (Lipinski definition) is 3. The molecule has 0 aliphatic rings. The minimum absolute atomic E-state index is 0.161. The molecule has 3 aromatic carbocycles. The Balaban J connectivity index is 1.76. The molecule has 0 heterocycles. The molecule has 3 N–H and O–H groups in total. The van der Waals surface area contributed by atoms with Crippen LogP contribution in [0.15, 0.2) is 66.7 Å². The summed E-state index contributed by atoms with van der Waals surface area (Å²) < 4.78 is 5.13. The van der Waals surface area contributed by atoms with E-state index in [4.69, 9.17) is 4.74 Å². The zero-order valence-corrected chi connectivity index (χ0v) is 20.6. The van der Waals surface area contributed by atoms with Gasteiger partial charge < -0.3 is 20.7 Å². The first-order valence-corrected chi connectivity index (χ1v) is 11.4. The highest BCUT2D eigenvalue weighted by Crippen LogP contribution is 2.20. The Morgan fingerprint density at radius 1 is 0.800 bits per heavy atom. The summed E-state index contributed by atoms with van der Waals surface area (Å²) in [4.78, 5) is 39.0. The van der Waals surface area contributed by atoms with Crippen molar-refractivity contribution in [1.82, 2.24) is 5.32 Å². The fourth-order valence-corrected chi connectivity index (χ4v) is 3.65. The lowest BCUT2D eigenvalue weighted by Gasteiger charge is -2.23. The second-order valence-electron chi connectivity index (χ2n) is 8.73. The Hall–Kier alpha value is -4.13. The van der Waals surface area contributed by atoms with Crippen LogP contribution < -0.4 is 20.7 Å². The predicted octanol–water partition coefficient (Wildman–Crippen LogP) is 4.96. The van der Waals surface area contributed by atoms with Crippen molar-refractivity contribution in [3.63, 3.8) is 0 Å². The van der Waals surface area contributed by atoms with Gasteiger partial charge in [0.05, 0.1) is 18.4 Å². The van der Waals surface area contributed by atoms with E-state index in [2.05, 4.69) is 16.0 Å². The maximum atomic E-state index is 13.2. The van der Waals surface area contributed by atoms with Crippen LogP contribution >= 0.6 is 0 Å². The van der Waals surface area contributed by atoms with E-state index in [1.54, 1.807) is 55.6 Å². The molecular formula is C28H31N3O4. The van der Waals surface area contributed by atoms with Crippen molar-refractivity contribution in [2.24, 2.45) is 5.92 Å². The summed E-state index contributed by atoms with van der Waals surface area (Å²) in [5.74, 6) is -0.642. The third-order valence-electron chi connectivity index (χ3n) is 5.65. The standard InChI is InChI=1S/C28H31N3O4/c1-17(2)25(28(34)29-23-15-10-18(3)16-19(23)4)31-27(33)22-8-6-7-9-24(22)30-26(32)20-11-13-21(35-5)14-12-20/h6-17,25H,1-5H3,(H,29,34)(H,30,32)(H,31,33)/t25-/m0/s1. The molecule has 7 heteroatoms. The van der Waals surface area contributed by atoms with E-state index >= 15 is 0 Å². The molecule has 3 rings (SSSR count). The number of anilines is 2. The van der Waals surface area contributed by atoms with Crippen LogP contribution in [0.25, 0.3) is 0 Å². The van der Waals surface area contributed by atoms with E-state index in [0.717, 1.165) is 11.1 Å². The summed E-state index contributed by atoms with van der Waals surface area (Å²) in [6, 6.07) is 18.4. The predicted molar refractivity (Wildman–Crippen MR) is 138 cm³/mol. The molecule has 0 radical (unpaired) electrons. The van der Waals surface area contributed by atoms with Crippen LogP contribution in [0.5, 0.6) is 5.75 Å². The van der Waals surface area contributed by atoms with Crippen molar-refractivity contribution in [3.8, 4) is 5.75 Å². The van der Waals surface area contributed by atoms with E-state index in [1.165, 1.54) is 0 Å². The molecular weight excluding hydrogens is 442 g/mol. The molecule has 1 atom stereocenters. The van der Waals surface area contributed by atoms with Crippen molar-refractivity contribution in [1.29, 1.82) is 0 Å². The van der Waals surface area contributed by atoms with E-state index in [0.29, 0.717) is 22.7 Å². The molecule has 3 aromatic rings. The van der Waals surface area contributed by atoms with Gasteiger partial charge in [0.15, 0.2) is 0 Å². The SMILES string of the molecule is COc1ccc(C(=O)Nc2ccccc2C(=O)N[C@H](C(=O)Nc2ccc(C)cc2C)C(C)C)cc1. The van der Waals surface area contributed by atoms with Crippen LogP contribution in [0.2, 0.25) is 0 Å². The molecule has 0 aliphatic carbocycles. The molecule has 0 saturated carbocycles. The Bertz CT molecular complexity index is 1220. The number of carbonyl (C=O) groups is 3. The molecule has 0 bridgehead atoms. The second-order valence-corrected chi connectivity index (χ2v) is 8.73. The van der Waals surface area contributed by atoms with E-state index < -0.39 is 11.9 Å². The average Bonchev–Trinajstić information content (AvgIpc) is 2.84. The van der Waals surface area contributed by atoms with Crippen molar-refractivity contribution in [2.45, 2.75) is 33.7 Å².